The van der Waals surface area contributed by atoms with Gasteiger partial charge >= 0.3 is 0 Å². The Morgan fingerprint density at radius 1 is 0.810 bits per heavy atom. The average molecular weight is 804 g/mol. The lowest BCUT2D eigenvalue weighted by atomic mass is 9.76. The minimum atomic E-state index is -0.960. The zero-order valence-electron chi connectivity index (χ0n) is 33.0. The Morgan fingerprint density at radius 2 is 1.52 bits per heavy atom. The van der Waals surface area contributed by atoms with E-state index in [1.165, 1.54) is 12.1 Å². The molecule has 3 aromatic rings. The molecule has 6 aliphatic heterocycles. The van der Waals surface area contributed by atoms with Crippen molar-refractivity contribution in [3.05, 3.63) is 76.4 Å². The number of fused-ring (bicyclic) bond motifs is 1. The summed E-state index contributed by atoms with van der Waals surface area (Å²) in [5, 5.41) is 12.1. The van der Waals surface area contributed by atoms with E-state index in [9.17, 15) is 24.4 Å². The van der Waals surface area contributed by atoms with E-state index in [2.05, 4.69) is 61.1 Å². The molecular weight excluding hydrogens is 754 g/mol. The number of amides is 4. The molecule has 6 aliphatic rings. The lowest BCUT2D eigenvalue weighted by Crippen LogP contribution is -2.54. The number of hydrogen-bond donors (Lipinski definition) is 1. The fourth-order valence-corrected chi connectivity index (χ4v) is 10.6. The zero-order chi connectivity index (χ0) is 40.1. The van der Waals surface area contributed by atoms with Gasteiger partial charge in [-0.15, -0.1) is 0 Å². The number of anilines is 4. The quantitative estimate of drug-likeness (QED) is 0.326. The summed E-state index contributed by atoms with van der Waals surface area (Å²) in [5.74, 6) is -0.234. The first-order chi connectivity index (χ1) is 28.1. The monoisotopic (exact) mass is 803 g/mol. The lowest BCUT2D eigenvalue weighted by Gasteiger charge is -2.41. The van der Waals surface area contributed by atoms with Crippen LogP contribution in [0.5, 0.6) is 0 Å². The minimum Gasteiger partial charge on any atom is -0.370 e. The molecule has 5 fully saturated rings. The molecule has 4 amide bonds. The van der Waals surface area contributed by atoms with E-state index in [0.29, 0.717) is 39.1 Å². The SMILES string of the molecule is C[C@H]1CC2(CCN(c3ccc(N4CCC(CN5CCN(c6ccc7c(c6)C(=O)N(C6CCC(=O)NC6=O)C7=O)CC5)CC4)nc3)CC2)CN1c1ccc(C#N)c(Cl)c1. The molecule has 0 radical (unpaired) electrons. The van der Waals surface area contributed by atoms with Crippen LogP contribution >= 0.6 is 11.6 Å². The maximum absolute atomic E-state index is 13.3. The van der Waals surface area contributed by atoms with Crippen LogP contribution in [0.1, 0.15) is 78.1 Å². The number of nitriles is 1. The predicted octanol–water partition coefficient (Wildman–Crippen LogP) is 4.93. The van der Waals surface area contributed by atoms with Crippen LogP contribution in [0.3, 0.4) is 0 Å². The number of rotatable bonds is 7. The molecule has 2 aromatic carbocycles. The molecule has 5 saturated heterocycles. The molecule has 9 rings (SSSR count). The van der Waals surface area contributed by atoms with E-state index in [0.717, 1.165) is 113 Å². The Hall–Kier alpha value is -5.19. The first-order valence-electron chi connectivity index (χ1n) is 20.8. The van der Waals surface area contributed by atoms with Gasteiger partial charge in [-0.05, 0) is 105 Å². The van der Waals surface area contributed by atoms with Gasteiger partial charge in [0.1, 0.15) is 17.9 Å². The number of nitrogens with one attached hydrogen (secondary N) is 1. The number of aromatic nitrogens is 1. The van der Waals surface area contributed by atoms with Gasteiger partial charge in [0, 0.05) is 89.3 Å². The van der Waals surface area contributed by atoms with Gasteiger partial charge in [-0.2, -0.15) is 5.26 Å². The summed E-state index contributed by atoms with van der Waals surface area (Å²) in [5.41, 5.74) is 4.66. The number of carbonyl (C=O) groups excluding carboxylic acids is 4. The Balaban J connectivity index is 0.721. The molecule has 58 heavy (non-hydrogen) atoms. The smallest absolute Gasteiger partial charge is 0.262 e. The number of imide groups is 2. The van der Waals surface area contributed by atoms with Gasteiger partial charge in [0.05, 0.1) is 33.6 Å². The highest BCUT2D eigenvalue weighted by atomic mass is 35.5. The van der Waals surface area contributed by atoms with Crippen LogP contribution in [0.2, 0.25) is 5.02 Å². The highest BCUT2D eigenvalue weighted by Gasteiger charge is 2.46. The number of halogens is 1. The van der Waals surface area contributed by atoms with Crippen LogP contribution in [0.25, 0.3) is 0 Å². The third-order valence-corrected chi connectivity index (χ3v) is 14.0. The van der Waals surface area contributed by atoms with E-state index < -0.39 is 23.8 Å². The summed E-state index contributed by atoms with van der Waals surface area (Å²) >= 11 is 6.39. The maximum atomic E-state index is 13.3. The molecular formula is C44H50ClN9O4. The van der Waals surface area contributed by atoms with E-state index in [-0.39, 0.29) is 18.7 Å². The number of piperazine rings is 1. The van der Waals surface area contributed by atoms with Crippen molar-refractivity contribution < 1.29 is 19.2 Å². The van der Waals surface area contributed by atoms with Gasteiger partial charge in [0.25, 0.3) is 11.8 Å². The van der Waals surface area contributed by atoms with Crippen molar-refractivity contribution in [2.75, 3.05) is 85.0 Å². The van der Waals surface area contributed by atoms with Crippen molar-refractivity contribution in [1.82, 2.24) is 20.1 Å². The van der Waals surface area contributed by atoms with Gasteiger partial charge in [-0.25, -0.2) is 4.98 Å². The Bertz CT molecular complexity index is 2150. The second-order valence-electron chi connectivity index (χ2n) is 17.2. The molecule has 1 aromatic heterocycles. The van der Waals surface area contributed by atoms with E-state index in [1.807, 2.05) is 24.3 Å². The highest BCUT2D eigenvalue weighted by molar-refractivity contribution is 6.32. The molecule has 0 bridgehead atoms. The Labute approximate surface area is 344 Å². The van der Waals surface area contributed by atoms with Crippen molar-refractivity contribution in [1.29, 1.82) is 5.26 Å². The topological polar surface area (TPSA) is 136 Å². The molecule has 302 valence electrons. The summed E-state index contributed by atoms with van der Waals surface area (Å²) in [4.78, 5) is 68.7. The number of piperidine rings is 3. The summed E-state index contributed by atoms with van der Waals surface area (Å²) in [6, 6.07) is 17.3. The van der Waals surface area contributed by atoms with Crippen LogP contribution in [-0.4, -0.2) is 116 Å². The second-order valence-corrected chi connectivity index (χ2v) is 17.6. The van der Waals surface area contributed by atoms with E-state index >= 15 is 0 Å². The number of hydrogen-bond acceptors (Lipinski definition) is 11. The molecule has 1 N–H and O–H groups in total. The van der Waals surface area contributed by atoms with Crippen molar-refractivity contribution >= 4 is 58.1 Å². The van der Waals surface area contributed by atoms with Crippen molar-refractivity contribution in [3.8, 4) is 6.07 Å². The summed E-state index contributed by atoms with van der Waals surface area (Å²) in [7, 11) is 0. The molecule has 13 nitrogen and oxygen atoms in total. The van der Waals surface area contributed by atoms with Crippen LogP contribution in [0.4, 0.5) is 22.9 Å². The van der Waals surface area contributed by atoms with Crippen molar-refractivity contribution in [2.24, 2.45) is 11.3 Å². The number of benzene rings is 2. The fourth-order valence-electron chi connectivity index (χ4n) is 10.3. The molecule has 2 atom stereocenters. The van der Waals surface area contributed by atoms with Gasteiger partial charge in [0.2, 0.25) is 11.8 Å². The molecule has 14 heteroatoms. The normalized spacial score (nSPS) is 24.1. The Morgan fingerprint density at radius 3 is 2.21 bits per heavy atom. The third-order valence-electron chi connectivity index (χ3n) is 13.7. The molecule has 7 heterocycles. The summed E-state index contributed by atoms with van der Waals surface area (Å²) < 4.78 is 0. The number of carbonyl (C=O) groups is 4. The number of nitrogens with zero attached hydrogens (tertiary/aromatic N) is 8. The van der Waals surface area contributed by atoms with Gasteiger partial charge in [-0.1, -0.05) is 11.6 Å². The molecule has 1 spiro atoms. The van der Waals surface area contributed by atoms with Crippen LogP contribution in [0, 0.1) is 22.7 Å². The average Bonchev–Trinajstić information content (AvgIpc) is 3.69. The van der Waals surface area contributed by atoms with Crippen molar-refractivity contribution in [2.45, 2.75) is 64.0 Å². The highest BCUT2D eigenvalue weighted by Crippen LogP contribution is 2.46. The van der Waals surface area contributed by atoms with Crippen molar-refractivity contribution in [3.63, 3.8) is 0 Å². The second kappa shape index (κ2) is 15.5. The summed E-state index contributed by atoms with van der Waals surface area (Å²) in [6.07, 6.45) is 8.03. The van der Waals surface area contributed by atoms with E-state index in [1.54, 1.807) is 12.1 Å². The van der Waals surface area contributed by atoms with Gasteiger partial charge in [-0.3, -0.25) is 34.3 Å². The third kappa shape index (κ3) is 7.26. The minimum absolute atomic E-state index is 0.103. The largest absolute Gasteiger partial charge is 0.370 e. The van der Waals surface area contributed by atoms with Crippen LogP contribution in [-0.2, 0) is 9.59 Å². The van der Waals surface area contributed by atoms with Gasteiger partial charge < -0.3 is 19.6 Å². The number of pyridine rings is 1. The first kappa shape index (κ1) is 38.3. The Kier molecular flexibility index (Phi) is 10.3. The lowest BCUT2D eigenvalue weighted by molar-refractivity contribution is -0.136. The predicted molar refractivity (Wildman–Crippen MR) is 222 cm³/mol. The fraction of sp³-hybridized carbons (Fsp3) is 0.500. The van der Waals surface area contributed by atoms with Crippen LogP contribution in [0.15, 0.2) is 54.7 Å². The van der Waals surface area contributed by atoms with Crippen LogP contribution < -0.4 is 24.9 Å². The van der Waals surface area contributed by atoms with E-state index in [4.69, 9.17) is 16.6 Å². The zero-order valence-corrected chi connectivity index (χ0v) is 33.8. The molecule has 1 unspecified atom stereocenters. The molecule has 0 saturated carbocycles. The standard InChI is InChI=1S/C44H50ClN9O4/c1-29-24-44(28-53(29)33-3-2-31(25-46)37(45)23-33)12-16-50(17-13-44)34-5-8-39(47-26-34)52-14-10-30(11-15-52)27-49-18-20-51(21-19-49)32-4-6-35-36(22-32)43(58)54(42(35)57)38-7-9-40(55)48-41(38)56/h2-6,8,22-23,26,29-30,38H,7,9-21,24,27-28H2,1H3,(H,48,55,56)/t29-,38?/m0/s1. The van der Waals surface area contributed by atoms with Gasteiger partial charge in [0.15, 0.2) is 0 Å². The summed E-state index contributed by atoms with van der Waals surface area (Å²) in [6.45, 7) is 12.0. The maximum Gasteiger partial charge on any atom is 0.262 e. The first-order valence-corrected chi connectivity index (χ1v) is 21.2. The molecule has 0 aliphatic carbocycles.